The number of primary amides is 2. The molecule has 0 bridgehead atoms. The number of hydrogen-bond acceptors (Lipinski definition) is 16. The smallest absolute Gasteiger partial charge is 0.490 e. The molecule has 10 atom stereocenters. The zero-order valence-electron chi connectivity index (χ0n) is 40.3. The van der Waals surface area contributed by atoms with Gasteiger partial charge in [-0.2, -0.15) is 13.2 Å². The number of nitrogens with zero attached hydrogens (tertiary/aromatic N) is 1. The topological polar surface area (TPSA) is 414 Å². The van der Waals surface area contributed by atoms with Crippen molar-refractivity contribution >= 4 is 86.6 Å². The monoisotopic (exact) mass is 1080 g/mol. The van der Waals surface area contributed by atoms with Gasteiger partial charge in [-0.1, -0.05) is 74.3 Å². The minimum atomic E-state index is -5.08. The predicted molar refractivity (Wildman–Crippen MR) is 257 cm³/mol. The molecule has 1 aromatic rings. The zero-order valence-corrected chi connectivity index (χ0v) is 42.0. The van der Waals surface area contributed by atoms with Gasteiger partial charge in [-0.3, -0.25) is 47.9 Å². The van der Waals surface area contributed by atoms with Crippen molar-refractivity contribution in [1.82, 2.24) is 42.1 Å². The van der Waals surface area contributed by atoms with E-state index in [1.54, 1.807) is 27.7 Å². The number of amides is 10. The fourth-order valence-corrected chi connectivity index (χ4v) is 9.23. The Morgan fingerprint density at radius 3 is 1.92 bits per heavy atom. The number of aliphatic hydroxyl groups excluding tert-OH is 1. The zero-order chi connectivity index (χ0) is 55.3. The SMILES string of the molecule is CC[C@H](C)[C@@H]1NC(=O)[C@H](Cc2ccc(O)cc2)NC(=O)[C@@H](N)CSSC[C@@H](C(=O)N2CCC[C@H]2C(=O)N[C@H](C(=O)NCC(N)=O)[C@@H](C)CC)NC(=O)[C@H](CC(N)=O)NC(=O)[C@H](CO)NC1=O.O=C(O)C(F)(F)F. The first-order valence-corrected chi connectivity index (χ1v) is 25.3. The summed E-state index contributed by atoms with van der Waals surface area (Å²) in [5.74, 6) is -12.6. The Labute approximate surface area is 425 Å². The van der Waals surface area contributed by atoms with Crippen molar-refractivity contribution in [2.24, 2.45) is 29.0 Å². The molecule has 2 saturated heterocycles. The van der Waals surface area contributed by atoms with Gasteiger partial charge >= 0.3 is 12.1 Å². The summed E-state index contributed by atoms with van der Waals surface area (Å²) < 4.78 is 31.7. The normalized spacial score (nSPS) is 24.0. The number of nitrogens with one attached hydrogen (secondary N) is 7. The molecule has 0 unspecified atom stereocenters. The summed E-state index contributed by atoms with van der Waals surface area (Å²) in [5.41, 5.74) is 17.5. The standard InChI is InChI=1S/C41H63N11O12S2.C2HF3O2/c1-5-20(3)32(39(62)45-16-31(44)56)51-38(61)29-8-7-13-52(29)41(64)28-19-66-65-18-24(42)34(57)46-25(14-22-9-11-23(54)12-10-22)36(59)50-33(21(4)6-2)40(63)48-27(17-53)37(60)47-26(15-30(43)55)35(58)49-28;3-2(4,5)1(6)7/h9-12,20-21,24-29,32-33,53-54H,5-8,13-19,42H2,1-4H3,(H2,43,55)(H2,44,56)(H,45,62)(H,46,57)(H,47,60)(H,48,63)(H,49,58)(H,50,59)(H,51,61);(H,6,7)/t20-,21-,24-,25-,26-,27-,28-,29-,32-,33-;/m0./s1. The van der Waals surface area contributed by atoms with E-state index >= 15 is 0 Å². The number of rotatable bonds is 15. The number of likely N-dealkylation sites (tertiary alicyclic amines) is 1. The van der Waals surface area contributed by atoms with Crippen molar-refractivity contribution in [3.8, 4) is 5.75 Å². The first-order chi connectivity index (χ1) is 34.1. The van der Waals surface area contributed by atoms with Crippen LogP contribution < -0.4 is 54.4 Å². The number of aliphatic hydroxyl groups is 1. The molecule has 3 rings (SSSR count). The molecule has 1 aromatic carbocycles. The minimum absolute atomic E-state index is 0.0398. The molecule has 2 aliphatic heterocycles. The first kappa shape index (κ1) is 62.7. The Morgan fingerprint density at radius 1 is 0.808 bits per heavy atom. The number of aliphatic carboxylic acids is 1. The van der Waals surface area contributed by atoms with Gasteiger partial charge in [-0.15, -0.1) is 0 Å². The Morgan fingerprint density at radius 2 is 1.37 bits per heavy atom. The number of nitrogens with two attached hydrogens (primary N) is 3. The van der Waals surface area contributed by atoms with Crippen LogP contribution in [0.4, 0.5) is 13.2 Å². The lowest BCUT2D eigenvalue weighted by Crippen LogP contribution is -2.62. The van der Waals surface area contributed by atoms with E-state index in [1.807, 2.05) is 0 Å². The van der Waals surface area contributed by atoms with Crippen molar-refractivity contribution in [1.29, 1.82) is 0 Å². The van der Waals surface area contributed by atoms with Gasteiger partial charge in [0.2, 0.25) is 59.1 Å². The molecule has 16 N–H and O–H groups in total. The molecule has 30 heteroatoms. The minimum Gasteiger partial charge on any atom is -0.508 e. The van der Waals surface area contributed by atoms with Crippen LogP contribution in [0.5, 0.6) is 5.75 Å². The van der Waals surface area contributed by atoms with Gasteiger partial charge in [0.1, 0.15) is 48.0 Å². The summed E-state index contributed by atoms with van der Waals surface area (Å²) in [4.78, 5) is 144. The molecule has 408 valence electrons. The second-order valence-electron chi connectivity index (χ2n) is 17.1. The Balaban J connectivity index is 0.00000242. The average molecular weight is 1080 g/mol. The maximum Gasteiger partial charge on any atom is 0.490 e. The first-order valence-electron chi connectivity index (χ1n) is 22.8. The van der Waals surface area contributed by atoms with E-state index in [0.29, 0.717) is 24.8 Å². The molecule has 10 amide bonds. The second kappa shape index (κ2) is 30.0. The van der Waals surface area contributed by atoms with Crippen LogP contribution in [0.25, 0.3) is 0 Å². The number of phenols is 1. The van der Waals surface area contributed by atoms with Gasteiger partial charge in [0.15, 0.2) is 0 Å². The third kappa shape index (κ3) is 20.6. The summed E-state index contributed by atoms with van der Waals surface area (Å²) >= 11 is 0. The molecule has 2 fully saturated rings. The average Bonchev–Trinajstić information content (AvgIpc) is 3.83. The third-order valence-corrected chi connectivity index (χ3v) is 13.9. The van der Waals surface area contributed by atoms with Gasteiger partial charge in [-0.05, 0) is 42.4 Å². The van der Waals surface area contributed by atoms with Crippen LogP contribution in [0.3, 0.4) is 0 Å². The van der Waals surface area contributed by atoms with Crippen molar-refractivity contribution in [2.75, 3.05) is 31.2 Å². The highest BCUT2D eigenvalue weighted by Gasteiger charge is 2.42. The van der Waals surface area contributed by atoms with Crippen molar-refractivity contribution in [3.05, 3.63) is 29.8 Å². The van der Waals surface area contributed by atoms with Gasteiger partial charge in [0.25, 0.3) is 0 Å². The molecule has 0 aromatic heterocycles. The molecular formula is C43H64F3N11O14S2. The summed E-state index contributed by atoms with van der Waals surface area (Å²) in [7, 11) is 2.06. The number of carboxylic acid groups (broad SMARTS) is 1. The molecule has 2 aliphatic rings. The number of alkyl halides is 3. The number of benzene rings is 1. The van der Waals surface area contributed by atoms with Crippen LogP contribution in [0.1, 0.15) is 65.4 Å². The van der Waals surface area contributed by atoms with Gasteiger partial charge in [-0.25, -0.2) is 4.79 Å². The van der Waals surface area contributed by atoms with Crippen molar-refractivity contribution in [2.45, 2.75) is 121 Å². The lowest BCUT2D eigenvalue weighted by molar-refractivity contribution is -0.192. The number of aromatic hydroxyl groups is 1. The summed E-state index contributed by atoms with van der Waals surface area (Å²) in [6.45, 7) is 5.49. The maximum atomic E-state index is 14.4. The van der Waals surface area contributed by atoms with E-state index in [2.05, 4.69) is 37.2 Å². The molecule has 0 radical (unpaired) electrons. The van der Waals surface area contributed by atoms with Crippen LogP contribution in [0.15, 0.2) is 24.3 Å². The quantitative estimate of drug-likeness (QED) is 0.0768. The lowest BCUT2D eigenvalue weighted by atomic mass is 9.96. The highest BCUT2D eigenvalue weighted by atomic mass is 33.1. The van der Waals surface area contributed by atoms with Gasteiger partial charge in [0.05, 0.1) is 25.6 Å². The number of halogens is 3. The fraction of sp³-hybridized carbons (Fsp3) is 0.605. The van der Waals surface area contributed by atoms with Crippen LogP contribution >= 0.6 is 21.6 Å². The molecule has 25 nitrogen and oxygen atoms in total. The van der Waals surface area contributed by atoms with Gasteiger partial charge in [0, 0.05) is 24.5 Å². The molecule has 73 heavy (non-hydrogen) atoms. The number of carboxylic acids is 1. The third-order valence-electron chi connectivity index (χ3n) is 11.5. The van der Waals surface area contributed by atoms with Crippen LogP contribution in [-0.4, -0.2) is 171 Å². The highest BCUT2D eigenvalue weighted by molar-refractivity contribution is 8.76. The molecule has 0 aliphatic carbocycles. The van der Waals surface area contributed by atoms with E-state index in [-0.39, 0.29) is 36.6 Å². The van der Waals surface area contributed by atoms with E-state index < -0.39 is 151 Å². The Hall–Kier alpha value is -6.40. The largest absolute Gasteiger partial charge is 0.508 e. The van der Waals surface area contributed by atoms with E-state index in [4.69, 9.17) is 27.1 Å². The van der Waals surface area contributed by atoms with Crippen LogP contribution in [0, 0.1) is 11.8 Å². The Bertz CT molecular complexity index is 2150. The lowest BCUT2D eigenvalue weighted by Gasteiger charge is -2.31. The summed E-state index contributed by atoms with van der Waals surface area (Å²) in [6, 6.07) is -5.10. The number of carbonyl (C=O) groups is 11. The van der Waals surface area contributed by atoms with Crippen LogP contribution in [0.2, 0.25) is 0 Å². The molecular weight excluding hydrogens is 1020 g/mol. The van der Waals surface area contributed by atoms with Gasteiger partial charge < -0.3 is 74.6 Å². The molecule has 0 saturated carbocycles. The summed E-state index contributed by atoms with van der Waals surface area (Å²) in [6.07, 6.45) is -4.62. The molecule has 0 spiro atoms. The summed E-state index contributed by atoms with van der Waals surface area (Å²) in [5, 5.41) is 44.8. The maximum absolute atomic E-state index is 14.4. The highest BCUT2D eigenvalue weighted by Crippen LogP contribution is 2.26. The van der Waals surface area contributed by atoms with Crippen molar-refractivity contribution < 1.29 is 81.2 Å². The number of hydrogen-bond donors (Lipinski definition) is 13. The fourth-order valence-electron chi connectivity index (χ4n) is 6.95. The Kier molecular flexibility index (Phi) is 25.7. The van der Waals surface area contributed by atoms with Crippen molar-refractivity contribution in [3.63, 3.8) is 0 Å². The van der Waals surface area contributed by atoms with E-state index in [0.717, 1.165) is 21.6 Å². The van der Waals surface area contributed by atoms with Crippen LogP contribution in [-0.2, 0) is 59.2 Å². The van der Waals surface area contributed by atoms with E-state index in [9.17, 15) is 71.3 Å². The van der Waals surface area contributed by atoms with E-state index in [1.165, 1.54) is 29.2 Å². The second-order valence-corrected chi connectivity index (χ2v) is 19.6. The molecule has 2 heterocycles. The predicted octanol–water partition coefficient (Wildman–Crippen LogP) is -3.25. The number of phenolic OH excluding ortho intramolecular Hbond substituents is 1. The number of carbonyl (C=O) groups excluding carboxylic acids is 10.